The molecule has 17 heavy (non-hydrogen) atoms. The zero-order valence-electron chi connectivity index (χ0n) is 10.0. The Morgan fingerprint density at radius 3 is 2.59 bits per heavy atom. The SMILES string of the molecule is Cc1cc(Cl)ncc1N(C)Cc1ccccc1. The largest absolute Gasteiger partial charge is 0.369 e. The summed E-state index contributed by atoms with van der Waals surface area (Å²) in [5.74, 6) is 0. The second-order valence-electron chi connectivity index (χ2n) is 4.14. The van der Waals surface area contributed by atoms with Gasteiger partial charge < -0.3 is 4.90 Å². The summed E-state index contributed by atoms with van der Waals surface area (Å²) < 4.78 is 0. The summed E-state index contributed by atoms with van der Waals surface area (Å²) in [5, 5.41) is 0.541. The van der Waals surface area contributed by atoms with Crippen LogP contribution in [0.25, 0.3) is 0 Å². The number of aromatic nitrogens is 1. The minimum absolute atomic E-state index is 0.541. The number of halogens is 1. The van der Waals surface area contributed by atoms with Gasteiger partial charge >= 0.3 is 0 Å². The van der Waals surface area contributed by atoms with Crippen molar-refractivity contribution in [2.45, 2.75) is 13.5 Å². The second kappa shape index (κ2) is 5.19. The average Bonchev–Trinajstić information content (AvgIpc) is 2.30. The molecule has 0 saturated heterocycles. The quantitative estimate of drug-likeness (QED) is 0.768. The second-order valence-corrected chi connectivity index (χ2v) is 4.52. The van der Waals surface area contributed by atoms with Crippen molar-refractivity contribution >= 4 is 17.3 Å². The summed E-state index contributed by atoms with van der Waals surface area (Å²) in [4.78, 5) is 6.30. The van der Waals surface area contributed by atoms with E-state index in [1.807, 2.05) is 25.3 Å². The molecule has 0 aliphatic carbocycles. The third kappa shape index (κ3) is 2.98. The van der Waals surface area contributed by atoms with E-state index in [9.17, 15) is 0 Å². The number of anilines is 1. The van der Waals surface area contributed by atoms with E-state index >= 15 is 0 Å². The van der Waals surface area contributed by atoms with Crippen LogP contribution in [0.5, 0.6) is 0 Å². The summed E-state index contributed by atoms with van der Waals surface area (Å²) in [6, 6.07) is 12.3. The standard InChI is InChI=1S/C14H15ClN2/c1-11-8-14(15)16-9-13(11)17(2)10-12-6-4-3-5-7-12/h3-9H,10H2,1-2H3. The highest BCUT2D eigenvalue weighted by molar-refractivity contribution is 6.29. The molecule has 0 amide bonds. The van der Waals surface area contributed by atoms with Gasteiger partial charge in [0.15, 0.2) is 0 Å². The van der Waals surface area contributed by atoms with Crippen molar-refractivity contribution in [3.05, 3.63) is 58.9 Å². The van der Waals surface area contributed by atoms with Gasteiger partial charge in [0, 0.05) is 13.6 Å². The van der Waals surface area contributed by atoms with Gasteiger partial charge in [-0.05, 0) is 24.1 Å². The van der Waals surface area contributed by atoms with Gasteiger partial charge in [-0.2, -0.15) is 0 Å². The molecular weight excluding hydrogens is 232 g/mol. The molecule has 88 valence electrons. The first kappa shape index (κ1) is 11.9. The Labute approximate surface area is 107 Å². The van der Waals surface area contributed by atoms with E-state index in [-0.39, 0.29) is 0 Å². The van der Waals surface area contributed by atoms with Crippen LogP contribution in [0.2, 0.25) is 5.15 Å². The van der Waals surface area contributed by atoms with Crippen LogP contribution >= 0.6 is 11.6 Å². The van der Waals surface area contributed by atoms with Gasteiger partial charge in [0.05, 0.1) is 11.9 Å². The zero-order chi connectivity index (χ0) is 12.3. The van der Waals surface area contributed by atoms with Gasteiger partial charge in [0.25, 0.3) is 0 Å². The summed E-state index contributed by atoms with van der Waals surface area (Å²) in [5.41, 5.74) is 3.53. The van der Waals surface area contributed by atoms with Crippen LogP contribution in [-0.4, -0.2) is 12.0 Å². The van der Waals surface area contributed by atoms with Gasteiger partial charge in [-0.15, -0.1) is 0 Å². The molecule has 1 aromatic heterocycles. The van der Waals surface area contributed by atoms with Crippen molar-refractivity contribution in [2.24, 2.45) is 0 Å². The fourth-order valence-electron chi connectivity index (χ4n) is 1.86. The molecule has 0 radical (unpaired) electrons. The Balaban J connectivity index is 2.17. The summed E-state index contributed by atoms with van der Waals surface area (Å²) >= 11 is 5.85. The Morgan fingerprint density at radius 1 is 1.24 bits per heavy atom. The highest BCUT2D eigenvalue weighted by Crippen LogP contribution is 2.21. The first-order chi connectivity index (χ1) is 8.16. The first-order valence-electron chi connectivity index (χ1n) is 5.54. The monoisotopic (exact) mass is 246 g/mol. The molecule has 0 fully saturated rings. The highest BCUT2D eigenvalue weighted by Gasteiger charge is 2.06. The molecule has 0 aliphatic heterocycles. The Kier molecular flexibility index (Phi) is 3.64. The van der Waals surface area contributed by atoms with Crippen molar-refractivity contribution in [3.8, 4) is 0 Å². The number of rotatable bonds is 3. The first-order valence-corrected chi connectivity index (χ1v) is 5.92. The Bertz CT molecular complexity index is 497. The topological polar surface area (TPSA) is 16.1 Å². The van der Waals surface area contributed by atoms with E-state index < -0.39 is 0 Å². The normalized spacial score (nSPS) is 10.3. The molecule has 0 unspecified atom stereocenters. The van der Waals surface area contributed by atoms with Gasteiger partial charge in [-0.25, -0.2) is 4.98 Å². The van der Waals surface area contributed by atoms with Gasteiger partial charge in [0.1, 0.15) is 5.15 Å². The van der Waals surface area contributed by atoms with Crippen LogP contribution in [0, 0.1) is 6.92 Å². The zero-order valence-corrected chi connectivity index (χ0v) is 10.8. The molecule has 3 heteroatoms. The lowest BCUT2D eigenvalue weighted by Crippen LogP contribution is -2.17. The molecule has 2 aromatic rings. The van der Waals surface area contributed by atoms with Crippen LogP contribution in [-0.2, 0) is 6.54 Å². The molecule has 0 atom stereocenters. The maximum Gasteiger partial charge on any atom is 0.129 e. The molecular formula is C14H15ClN2. The molecule has 1 heterocycles. The van der Waals surface area contributed by atoms with E-state index in [1.165, 1.54) is 5.56 Å². The summed E-state index contributed by atoms with van der Waals surface area (Å²) in [6.07, 6.45) is 1.82. The van der Waals surface area contributed by atoms with Gasteiger partial charge in [0.2, 0.25) is 0 Å². The third-order valence-corrected chi connectivity index (χ3v) is 2.93. The number of pyridine rings is 1. The van der Waals surface area contributed by atoms with Gasteiger partial charge in [-0.1, -0.05) is 41.9 Å². The molecule has 0 saturated carbocycles. The van der Waals surface area contributed by atoms with Crippen molar-refractivity contribution in [1.29, 1.82) is 0 Å². The number of benzene rings is 1. The Hall–Kier alpha value is -1.54. The maximum absolute atomic E-state index is 5.85. The predicted molar refractivity (Wildman–Crippen MR) is 72.5 cm³/mol. The fourth-order valence-corrected chi connectivity index (χ4v) is 2.07. The van der Waals surface area contributed by atoms with Crippen molar-refractivity contribution in [2.75, 3.05) is 11.9 Å². The Morgan fingerprint density at radius 2 is 1.94 bits per heavy atom. The maximum atomic E-state index is 5.85. The number of nitrogens with zero attached hydrogens (tertiary/aromatic N) is 2. The van der Waals surface area contributed by atoms with Crippen LogP contribution in [0.4, 0.5) is 5.69 Å². The molecule has 0 bridgehead atoms. The van der Waals surface area contributed by atoms with E-state index in [2.05, 4.69) is 41.2 Å². The minimum atomic E-state index is 0.541. The smallest absolute Gasteiger partial charge is 0.129 e. The lowest BCUT2D eigenvalue weighted by molar-refractivity contribution is 0.911. The summed E-state index contributed by atoms with van der Waals surface area (Å²) in [6.45, 7) is 2.91. The third-order valence-electron chi connectivity index (χ3n) is 2.72. The molecule has 0 aliphatic rings. The molecule has 2 nitrogen and oxygen atoms in total. The van der Waals surface area contributed by atoms with Crippen molar-refractivity contribution in [1.82, 2.24) is 4.98 Å². The van der Waals surface area contributed by atoms with E-state index in [0.717, 1.165) is 17.8 Å². The number of hydrogen-bond donors (Lipinski definition) is 0. The minimum Gasteiger partial charge on any atom is -0.369 e. The van der Waals surface area contributed by atoms with Crippen LogP contribution in [0.3, 0.4) is 0 Å². The van der Waals surface area contributed by atoms with Crippen LogP contribution < -0.4 is 4.90 Å². The fraction of sp³-hybridized carbons (Fsp3) is 0.214. The molecule has 2 rings (SSSR count). The van der Waals surface area contributed by atoms with E-state index in [0.29, 0.717) is 5.15 Å². The predicted octanol–water partition coefficient (Wildman–Crippen LogP) is 3.68. The van der Waals surface area contributed by atoms with E-state index in [4.69, 9.17) is 11.6 Å². The average molecular weight is 247 g/mol. The summed E-state index contributed by atoms with van der Waals surface area (Å²) in [7, 11) is 2.06. The van der Waals surface area contributed by atoms with Gasteiger partial charge in [-0.3, -0.25) is 0 Å². The number of hydrogen-bond acceptors (Lipinski definition) is 2. The molecule has 0 N–H and O–H groups in total. The number of aryl methyl sites for hydroxylation is 1. The van der Waals surface area contributed by atoms with E-state index in [1.54, 1.807) is 0 Å². The van der Waals surface area contributed by atoms with Crippen molar-refractivity contribution in [3.63, 3.8) is 0 Å². The van der Waals surface area contributed by atoms with Crippen molar-refractivity contribution < 1.29 is 0 Å². The lowest BCUT2D eigenvalue weighted by Gasteiger charge is -2.21. The highest BCUT2D eigenvalue weighted by atomic mass is 35.5. The molecule has 1 aromatic carbocycles. The van der Waals surface area contributed by atoms with Crippen LogP contribution in [0.1, 0.15) is 11.1 Å². The lowest BCUT2D eigenvalue weighted by atomic mass is 10.2. The van der Waals surface area contributed by atoms with Crippen LogP contribution in [0.15, 0.2) is 42.6 Å². The molecule has 0 spiro atoms.